The summed E-state index contributed by atoms with van der Waals surface area (Å²) in [4.78, 5) is 24.5. The molecule has 0 unspecified atom stereocenters. The Morgan fingerprint density at radius 2 is 2.04 bits per heavy atom. The number of carbonyl (C=O) groups is 1. The first-order valence-electron chi connectivity index (χ1n) is 8.65. The predicted octanol–water partition coefficient (Wildman–Crippen LogP) is 4.25. The van der Waals surface area contributed by atoms with Crippen molar-refractivity contribution in [2.75, 3.05) is 20.3 Å². The SMILES string of the molecule is C[C@@H](c1cccc([N+](=O)[O-])c1)N(C)C(=O)/C=C/c1cc(Cl)c2c(c1)OCCO2. The van der Waals surface area contributed by atoms with Crippen LogP contribution in [0, 0.1) is 10.1 Å². The number of rotatable bonds is 5. The normalized spacial score (nSPS) is 14.0. The molecule has 1 amide bonds. The van der Waals surface area contributed by atoms with Gasteiger partial charge in [-0.3, -0.25) is 14.9 Å². The minimum Gasteiger partial charge on any atom is -0.486 e. The molecule has 0 spiro atoms. The van der Waals surface area contributed by atoms with Crippen LogP contribution in [0.15, 0.2) is 42.5 Å². The van der Waals surface area contributed by atoms with Crippen molar-refractivity contribution in [2.45, 2.75) is 13.0 Å². The fourth-order valence-electron chi connectivity index (χ4n) is 2.82. The number of hydrogen-bond donors (Lipinski definition) is 0. The van der Waals surface area contributed by atoms with Crippen molar-refractivity contribution in [3.63, 3.8) is 0 Å². The zero-order valence-electron chi connectivity index (χ0n) is 15.4. The summed E-state index contributed by atoms with van der Waals surface area (Å²) in [6.07, 6.45) is 3.07. The summed E-state index contributed by atoms with van der Waals surface area (Å²) in [5.41, 5.74) is 1.38. The van der Waals surface area contributed by atoms with E-state index in [1.54, 1.807) is 37.4 Å². The van der Waals surface area contributed by atoms with Crippen molar-refractivity contribution in [1.82, 2.24) is 4.90 Å². The lowest BCUT2D eigenvalue weighted by molar-refractivity contribution is -0.384. The number of amides is 1. The van der Waals surface area contributed by atoms with Gasteiger partial charge in [0.2, 0.25) is 5.91 Å². The van der Waals surface area contributed by atoms with Crippen LogP contribution in [0.3, 0.4) is 0 Å². The lowest BCUT2D eigenvalue weighted by Gasteiger charge is -2.24. The molecule has 1 aliphatic rings. The number of nitro groups is 1. The molecule has 8 heteroatoms. The van der Waals surface area contributed by atoms with Gasteiger partial charge in [-0.1, -0.05) is 23.7 Å². The fourth-order valence-corrected chi connectivity index (χ4v) is 3.10. The average Bonchev–Trinajstić information content (AvgIpc) is 2.71. The molecule has 0 radical (unpaired) electrons. The molecule has 1 heterocycles. The van der Waals surface area contributed by atoms with E-state index >= 15 is 0 Å². The zero-order chi connectivity index (χ0) is 20.3. The monoisotopic (exact) mass is 402 g/mol. The molecule has 0 saturated heterocycles. The fraction of sp³-hybridized carbons (Fsp3) is 0.250. The van der Waals surface area contributed by atoms with Crippen molar-refractivity contribution in [2.24, 2.45) is 0 Å². The Bertz CT molecular complexity index is 944. The summed E-state index contributed by atoms with van der Waals surface area (Å²) in [6, 6.07) is 9.38. The van der Waals surface area contributed by atoms with E-state index in [-0.39, 0.29) is 17.6 Å². The lowest BCUT2D eigenvalue weighted by atomic mass is 10.1. The number of halogens is 1. The lowest BCUT2D eigenvalue weighted by Crippen LogP contribution is -2.28. The molecule has 1 aliphatic heterocycles. The van der Waals surface area contributed by atoms with Gasteiger partial charge >= 0.3 is 0 Å². The van der Waals surface area contributed by atoms with Gasteiger partial charge < -0.3 is 14.4 Å². The van der Waals surface area contributed by atoms with Crippen LogP contribution in [-0.2, 0) is 4.79 Å². The molecule has 0 N–H and O–H groups in total. The highest BCUT2D eigenvalue weighted by molar-refractivity contribution is 6.32. The predicted molar refractivity (Wildman–Crippen MR) is 106 cm³/mol. The van der Waals surface area contributed by atoms with Crippen molar-refractivity contribution in [1.29, 1.82) is 0 Å². The van der Waals surface area contributed by atoms with E-state index in [9.17, 15) is 14.9 Å². The van der Waals surface area contributed by atoms with Crippen molar-refractivity contribution in [3.05, 3.63) is 68.7 Å². The number of non-ortho nitro benzene ring substituents is 1. The number of ether oxygens (including phenoxy) is 2. The summed E-state index contributed by atoms with van der Waals surface area (Å²) in [5.74, 6) is 0.807. The van der Waals surface area contributed by atoms with Gasteiger partial charge in [0.1, 0.15) is 13.2 Å². The number of hydrogen-bond acceptors (Lipinski definition) is 5. The zero-order valence-corrected chi connectivity index (χ0v) is 16.2. The third-order valence-corrected chi connectivity index (χ3v) is 4.81. The van der Waals surface area contributed by atoms with E-state index in [2.05, 4.69) is 0 Å². The van der Waals surface area contributed by atoms with E-state index in [4.69, 9.17) is 21.1 Å². The summed E-state index contributed by atoms with van der Waals surface area (Å²) in [6.45, 7) is 2.70. The van der Waals surface area contributed by atoms with Gasteiger partial charge in [0.25, 0.3) is 5.69 Å². The maximum absolute atomic E-state index is 12.5. The molecule has 146 valence electrons. The Morgan fingerprint density at radius 3 is 2.79 bits per heavy atom. The third kappa shape index (κ3) is 4.26. The quantitative estimate of drug-likeness (QED) is 0.424. The minimum atomic E-state index is -0.455. The first kappa shape index (κ1) is 19.7. The van der Waals surface area contributed by atoms with Crippen LogP contribution < -0.4 is 9.47 Å². The van der Waals surface area contributed by atoms with Crippen molar-refractivity contribution >= 4 is 29.3 Å². The van der Waals surface area contributed by atoms with Crippen LogP contribution in [-0.4, -0.2) is 36.0 Å². The number of nitrogens with zero attached hydrogens (tertiary/aromatic N) is 2. The largest absolute Gasteiger partial charge is 0.486 e. The molecule has 2 aromatic carbocycles. The summed E-state index contributed by atoms with van der Waals surface area (Å²) in [5, 5.41) is 11.4. The topological polar surface area (TPSA) is 81.9 Å². The molecule has 3 rings (SSSR count). The molecule has 2 aromatic rings. The summed E-state index contributed by atoms with van der Waals surface area (Å²) < 4.78 is 11.0. The van der Waals surface area contributed by atoms with Gasteiger partial charge in [-0.25, -0.2) is 0 Å². The minimum absolute atomic E-state index is 0.00772. The first-order valence-corrected chi connectivity index (χ1v) is 9.03. The van der Waals surface area contributed by atoms with Crippen molar-refractivity contribution < 1.29 is 19.2 Å². The highest BCUT2D eigenvalue weighted by atomic mass is 35.5. The Morgan fingerprint density at radius 1 is 1.29 bits per heavy atom. The molecule has 1 atom stereocenters. The Kier molecular flexibility index (Phi) is 5.84. The molecule has 0 aliphatic carbocycles. The standard InChI is InChI=1S/C20H19ClN2O5/c1-13(15-4-3-5-16(12-15)23(25)26)22(2)19(24)7-6-14-10-17(21)20-18(11-14)27-8-9-28-20/h3-7,10-13H,8-9H2,1-2H3/b7-6+/t13-/m0/s1. The molecule has 0 aromatic heterocycles. The van der Waals surface area contributed by atoms with Crippen LogP contribution >= 0.6 is 11.6 Å². The van der Waals surface area contributed by atoms with Gasteiger partial charge in [0, 0.05) is 25.3 Å². The molecule has 28 heavy (non-hydrogen) atoms. The molecular formula is C20H19ClN2O5. The smallest absolute Gasteiger partial charge is 0.269 e. The molecule has 0 saturated carbocycles. The summed E-state index contributed by atoms with van der Waals surface area (Å²) in [7, 11) is 1.65. The van der Waals surface area contributed by atoms with Gasteiger partial charge in [-0.2, -0.15) is 0 Å². The Hall–Kier alpha value is -3.06. The van der Waals surface area contributed by atoms with E-state index in [0.717, 1.165) is 0 Å². The first-order chi connectivity index (χ1) is 13.4. The van der Waals surface area contributed by atoms with Gasteiger partial charge in [-0.15, -0.1) is 0 Å². The van der Waals surface area contributed by atoms with Crippen LogP contribution in [0.1, 0.15) is 24.1 Å². The third-order valence-electron chi connectivity index (χ3n) is 4.53. The molecular weight excluding hydrogens is 384 g/mol. The molecule has 0 bridgehead atoms. The maximum Gasteiger partial charge on any atom is 0.269 e. The number of benzene rings is 2. The van der Waals surface area contributed by atoms with Crippen molar-refractivity contribution in [3.8, 4) is 11.5 Å². The molecule has 0 fully saturated rings. The number of carbonyl (C=O) groups excluding carboxylic acids is 1. The number of nitro benzene ring substituents is 1. The van der Waals surface area contributed by atoms with E-state index in [1.807, 2.05) is 6.92 Å². The van der Waals surface area contributed by atoms with Gasteiger partial charge in [0.05, 0.1) is 16.0 Å². The van der Waals surface area contributed by atoms with E-state index in [1.165, 1.54) is 23.1 Å². The van der Waals surface area contributed by atoms with Gasteiger partial charge in [-0.05, 0) is 36.3 Å². The van der Waals surface area contributed by atoms with Gasteiger partial charge in [0.15, 0.2) is 11.5 Å². The molecule has 7 nitrogen and oxygen atoms in total. The number of likely N-dealkylation sites (N-methyl/N-ethyl adjacent to an activating group) is 1. The Labute approximate surface area is 167 Å². The van der Waals surface area contributed by atoms with Crippen LogP contribution in [0.2, 0.25) is 5.02 Å². The van der Waals surface area contributed by atoms with Crippen LogP contribution in [0.5, 0.6) is 11.5 Å². The number of fused-ring (bicyclic) bond motifs is 1. The second-order valence-corrected chi connectivity index (χ2v) is 6.74. The van der Waals surface area contributed by atoms with E-state index < -0.39 is 4.92 Å². The highest BCUT2D eigenvalue weighted by Gasteiger charge is 2.19. The second-order valence-electron chi connectivity index (χ2n) is 6.34. The summed E-state index contributed by atoms with van der Waals surface area (Å²) >= 11 is 6.21. The maximum atomic E-state index is 12.5. The van der Waals surface area contributed by atoms with E-state index in [0.29, 0.717) is 40.9 Å². The van der Waals surface area contributed by atoms with Crippen LogP contribution in [0.25, 0.3) is 6.08 Å². The Balaban J connectivity index is 1.74. The second kappa shape index (κ2) is 8.31. The average molecular weight is 403 g/mol. The van der Waals surface area contributed by atoms with Crippen LogP contribution in [0.4, 0.5) is 5.69 Å². The highest BCUT2D eigenvalue weighted by Crippen LogP contribution is 2.38.